The fraction of sp³-hybridized carbons (Fsp3) is 0.776. The van der Waals surface area contributed by atoms with Crippen molar-refractivity contribution < 1.29 is 32.9 Å². The Morgan fingerprint density at radius 3 is 1.08 bits per heavy atom. The number of rotatable bonds is 66. The topological polar surface area (TPSA) is 105 Å². The normalized spacial score (nSPS) is 14.2. The van der Waals surface area contributed by atoms with E-state index in [0.29, 0.717) is 17.4 Å². The summed E-state index contributed by atoms with van der Waals surface area (Å²) in [4.78, 5) is 23.4. The number of likely N-dealkylation sites (N-methyl/N-ethyl adjacent to an activating group) is 1. The number of phosphoric acid groups is 1. The van der Waals surface area contributed by atoms with Gasteiger partial charge < -0.3 is 19.8 Å². The van der Waals surface area contributed by atoms with Gasteiger partial charge in [-0.3, -0.25) is 13.8 Å². The maximum absolute atomic E-state index is 13.1. The van der Waals surface area contributed by atoms with Gasteiger partial charge in [0.05, 0.1) is 39.9 Å². The van der Waals surface area contributed by atoms with E-state index in [9.17, 15) is 19.4 Å². The highest BCUT2D eigenvalue weighted by Crippen LogP contribution is 2.43. The molecule has 9 heteroatoms. The molecule has 0 heterocycles. The molecule has 0 aliphatic rings. The molecule has 0 aromatic heterocycles. The zero-order valence-corrected chi connectivity index (χ0v) is 57.5. The van der Waals surface area contributed by atoms with E-state index in [2.05, 4.69) is 104 Å². The Hall–Kier alpha value is -2.58. The first kappa shape index (κ1) is 82.4. The molecule has 494 valence electrons. The Morgan fingerprint density at radius 1 is 0.412 bits per heavy atom. The van der Waals surface area contributed by atoms with Gasteiger partial charge >= 0.3 is 7.82 Å². The largest absolute Gasteiger partial charge is 0.472 e. The lowest BCUT2D eigenvalue weighted by molar-refractivity contribution is -0.870. The summed E-state index contributed by atoms with van der Waals surface area (Å²) in [5, 5.41) is 14.0. The van der Waals surface area contributed by atoms with Crippen LogP contribution in [0.1, 0.15) is 328 Å². The van der Waals surface area contributed by atoms with Crippen molar-refractivity contribution in [3.63, 3.8) is 0 Å². The minimum atomic E-state index is -4.37. The number of unbranched alkanes of at least 4 members (excludes halogenated alkanes) is 39. The maximum Gasteiger partial charge on any atom is 0.472 e. The zero-order valence-electron chi connectivity index (χ0n) is 56.6. The molecule has 0 aromatic carbocycles. The molecule has 0 fully saturated rings. The molecule has 0 saturated carbocycles. The average Bonchev–Trinajstić information content (AvgIpc) is 3.49. The quantitative estimate of drug-likeness (QED) is 0.0243. The van der Waals surface area contributed by atoms with Crippen LogP contribution < -0.4 is 5.32 Å². The number of aliphatic hydroxyl groups is 1. The van der Waals surface area contributed by atoms with E-state index in [0.717, 1.165) is 77.0 Å². The van der Waals surface area contributed by atoms with Crippen molar-refractivity contribution >= 4 is 13.7 Å². The van der Waals surface area contributed by atoms with Crippen LogP contribution in [0.15, 0.2) is 97.2 Å². The Bertz CT molecular complexity index is 1710. The number of allylic oxidation sites excluding steroid dienone is 15. The van der Waals surface area contributed by atoms with Crippen molar-refractivity contribution in [3.05, 3.63) is 97.2 Å². The number of hydrogen-bond acceptors (Lipinski definition) is 5. The summed E-state index contributed by atoms with van der Waals surface area (Å²) < 4.78 is 23.8. The summed E-state index contributed by atoms with van der Waals surface area (Å²) in [5.41, 5.74) is 0. The Kier molecular flexibility index (Phi) is 63.9. The lowest BCUT2D eigenvalue weighted by Crippen LogP contribution is -2.45. The minimum absolute atomic E-state index is 0.0545. The van der Waals surface area contributed by atoms with E-state index < -0.39 is 20.0 Å². The highest BCUT2D eigenvalue weighted by molar-refractivity contribution is 7.47. The molecular weight excluding hydrogens is 1070 g/mol. The van der Waals surface area contributed by atoms with E-state index in [1.807, 2.05) is 27.2 Å². The van der Waals surface area contributed by atoms with Gasteiger partial charge in [-0.15, -0.1) is 0 Å². The van der Waals surface area contributed by atoms with Crippen LogP contribution in [0.2, 0.25) is 0 Å². The van der Waals surface area contributed by atoms with Crippen molar-refractivity contribution in [3.8, 4) is 0 Å². The fourth-order valence-electron chi connectivity index (χ4n) is 10.5. The van der Waals surface area contributed by atoms with Crippen LogP contribution in [0.4, 0.5) is 0 Å². The van der Waals surface area contributed by atoms with Crippen molar-refractivity contribution in [1.29, 1.82) is 0 Å². The Labute approximate surface area is 528 Å². The third-order valence-electron chi connectivity index (χ3n) is 16.0. The van der Waals surface area contributed by atoms with E-state index in [4.69, 9.17) is 9.05 Å². The number of aliphatic hydroxyl groups excluding tert-OH is 1. The van der Waals surface area contributed by atoms with Crippen molar-refractivity contribution in [2.75, 3.05) is 40.9 Å². The first-order chi connectivity index (χ1) is 41.5. The standard InChI is InChI=1S/C76H139N2O6P/c1-6-8-10-12-14-16-18-20-22-24-26-28-30-32-34-35-36-37-38-39-40-41-42-43-44-46-48-50-52-54-56-58-60-62-64-66-68-70-76(80)77-74(73-84-85(81,82)83-72-71-78(3,4)5)75(79)69-67-65-63-61-59-57-55-53-51-49-47-45-33-31-29-27-25-23-21-19-17-15-13-11-9-7-2/h8,10,14,16,20,22,26,28,32,34,36-37,59,61,67,69,74-75,79H,6-7,9,11-13,15,17-19,21,23-25,27,29-31,33,35,38-58,60,62-66,68,70-73H2,1-5H3,(H-,77,80,81,82)/p+1/b10-8-,16-14-,22-20-,28-26-,34-32-,37-36-,61-59+,69-67+. The second-order valence-corrected chi connectivity index (χ2v) is 27.0. The van der Waals surface area contributed by atoms with Crippen LogP contribution >= 0.6 is 7.82 Å². The van der Waals surface area contributed by atoms with Crippen LogP contribution in [0.25, 0.3) is 0 Å². The first-order valence-corrected chi connectivity index (χ1v) is 37.6. The van der Waals surface area contributed by atoms with Gasteiger partial charge in [0.2, 0.25) is 5.91 Å². The molecule has 1 amide bonds. The molecule has 0 saturated heterocycles. The van der Waals surface area contributed by atoms with Gasteiger partial charge in [-0.25, -0.2) is 4.57 Å². The third-order valence-corrected chi connectivity index (χ3v) is 17.0. The summed E-state index contributed by atoms with van der Waals surface area (Å²) >= 11 is 0. The number of amides is 1. The molecule has 0 aliphatic heterocycles. The van der Waals surface area contributed by atoms with Crippen molar-refractivity contribution in [2.45, 2.75) is 341 Å². The van der Waals surface area contributed by atoms with Crippen molar-refractivity contribution in [2.24, 2.45) is 0 Å². The van der Waals surface area contributed by atoms with Gasteiger partial charge in [-0.2, -0.15) is 0 Å². The molecule has 0 radical (unpaired) electrons. The molecule has 0 aliphatic carbocycles. The lowest BCUT2D eigenvalue weighted by atomic mass is 10.0. The summed E-state index contributed by atoms with van der Waals surface area (Å²) in [5.74, 6) is -0.184. The molecule has 8 nitrogen and oxygen atoms in total. The van der Waals surface area contributed by atoms with Crippen LogP contribution in [-0.2, 0) is 18.4 Å². The molecule has 85 heavy (non-hydrogen) atoms. The van der Waals surface area contributed by atoms with Crippen LogP contribution in [0.3, 0.4) is 0 Å². The van der Waals surface area contributed by atoms with Gasteiger partial charge in [0.25, 0.3) is 0 Å². The monoisotopic (exact) mass is 1210 g/mol. The minimum Gasteiger partial charge on any atom is -0.387 e. The van der Waals surface area contributed by atoms with Crippen LogP contribution in [0, 0.1) is 0 Å². The molecular formula is C76H140N2O6P+. The van der Waals surface area contributed by atoms with E-state index in [-0.39, 0.29) is 19.1 Å². The highest BCUT2D eigenvalue weighted by atomic mass is 31.2. The number of carbonyl (C=O) groups is 1. The number of nitrogens with one attached hydrogen (secondary N) is 1. The lowest BCUT2D eigenvalue weighted by Gasteiger charge is -2.25. The van der Waals surface area contributed by atoms with Crippen molar-refractivity contribution in [1.82, 2.24) is 5.32 Å². The summed E-state index contributed by atoms with van der Waals surface area (Å²) in [6.07, 6.45) is 95.7. The van der Waals surface area contributed by atoms with Gasteiger partial charge in [0, 0.05) is 6.42 Å². The molecule has 3 unspecified atom stereocenters. The van der Waals surface area contributed by atoms with Crippen LogP contribution in [0.5, 0.6) is 0 Å². The maximum atomic E-state index is 13.1. The van der Waals surface area contributed by atoms with Gasteiger partial charge in [-0.1, -0.05) is 336 Å². The summed E-state index contributed by atoms with van der Waals surface area (Å²) in [6.45, 7) is 4.72. The van der Waals surface area contributed by atoms with E-state index in [1.54, 1.807) is 6.08 Å². The smallest absolute Gasteiger partial charge is 0.387 e. The number of quaternary nitrogens is 1. The Balaban J connectivity index is 4.06. The summed E-state index contributed by atoms with van der Waals surface area (Å²) in [6, 6.07) is -0.869. The highest BCUT2D eigenvalue weighted by Gasteiger charge is 2.28. The predicted molar refractivity (Wildman–Crippen MR) is 373 cm³/mol. The van der Waals surface area contributed by atoms with Crippen LogP contribution in [-0.4, -0.2) is 73.4 Å². The SMILES string of the molecule is CC/C=C\C/C=C\C/C=C\C/C=C\C/C=C\C/C=C\CCCCCCCCCCCCCCCCCCCCC(=O)NC(COP(=O)(O)OCC[N+](C)(C)C)C(O)/C=C/CC/C=C/CCCCCCCCCCCCCCCCCCCCCC. The van der Waals surface area contributed by atoms with Gasteiger partial charge in [-0.05, 0) is 83.5 Å². The van der Waals surface area contributed by atoms with E-state index in [1.165, 1.54) is 231 Å². The van der Waals surface area contributed by atoms with Gasteiger partial charge in [0.15, 0.2) is 0 Å². The predicted octanol–water partition coefficient (Wildman–Crippen LogP) is 23.3. The second kappa shape index (κ2) is 65.9. The molecule has 3 N–H and O–H groups in total. The number of phosphoric ester groups is 1. The molecule has 0 rings (SSSR count). The van der Waals surface area contributed by atoms with Gasteiger partial charge in [0.1, 0.15) is 13.2 Å². The molecule has 0 aromatic rings. The third kappa shape index (κ3) is 68.8. The molecule has 3 atom stereocenters. The molecule has 0 bridgehead atoms. The average molecular weight is 1210 g/mol. The number of hydrogen-bond donors (Lipinski definition) is 3. The Morgan fingerprint density at radius 2 is 0.718 bits per heavy atom. The number of carbonyl (C=O) groups excluding carboxylic acids is 1. The first-order valence-electron chi connectivity index (χ1n) is 36.1. The second-order valence-electron chi connectivity index (χ2n) is 25.6. The number of nitrogens with zero attached hydrogens (tertiary/aromatic N) is 1. The molecule has 0 spiro atoms. The zero-order chi connectivity index (χ0) is 61.9. The van der Waals surface area contributed by atoms with E-state index >= 15 is 0 Å². The fourth-order valence-corrected chi connectivity index (χ4v) is 11.2. The summed E-state index contributed by atoms with van der Waals surface area (Å²) in [7, 11) is 1.56.